The molecule has 1 aliphatic rings. The Morgan fingerprint density at radius 2 is 2.05 bits per heavy atom. The highest BCUT2D eigenvalue weighted by atomic mass is 32.2. The Kier molecular flexibility index (Phi) is 2.77. The lowest BCUT2D eigenvalue weighted by molar-refractivity contribution is 0.483. The number of aromatic nitrogens is 1. The first-order chi connectivity index (χ1) is 8.97. The van der Waals surface area contributed by atoms with Gasteiger partial charge in [-0.15, -0.1) is 0 Å². The van der Waals surface area contributed by atoms with Crippen LogP contribution in [-0.4, -0.2) is 25.0 Å². The van der Waals surface area contributed by atoms with E-state index < -0.39 is 10.1 Å². The van der Waals surface area contributed by atoms with Crippen molar-refractivity contribution < 1.29 is 13.0 Å². The summed E-state index contributed by atoms with van der Waals surface area (Å²) in [6, 6.07) is 8.29. The predicted molar refractivity (Wildman–Crippen MR) is 72.7 cm³/mol. The lowest BCUT2D eigenvalue weighted by Gasteiger charge is -2.28. The Bertz CT molecular complexity index is 759. The van der Waals surface area contributed by atoms with Crippen molar-refractivity contribution in [2.75, 3.05) is 11.9 Å². The van der Waals surface area contributed by atoms with Gasteiger partial charge in [-0.2, -0.15) is 8.42 Å². The summed E-state index contributed by atoms with van der Waals surface area (Å²) in [5.41, 5.74) is 0.864. The topological polar surface area (TPSA) is 70.5 Å². The van der Waals surface area contributed by atoms with Crippen molar-refractivity contribution in [1.29, 1.82) is 0 Å². The molecule has 1 aliphatic heterocycles. The predicted octanol–water partition coefficient (Wildman–Crippen LogP) is 2.56. The van der Waals surface area contributed by atoms with Crippen molar-refractivity contribution in [1.82, 2.24) is 4.98 Å². The third-order valence-corrected chi connectivity index (χ3v) is 4.81. The molecule has 0 unspecified atom stereocenters. The third kappa shape index (κ3) is 2.09. The Morgan fingerprint density at radius 1 is 1.26 bits per heavy atom. The summed E-state index contributed by atoms with van der Waals surface area (Å²) < 4.78 is 31.4. The smallest absolute Gasteiger partial charge is 0.294 e. The molecule has 0 spiro atoms. The van der Waals surface area contributed by atoms with E-state index in [1.165, 1.54) is 23.9 Å². The minimum absolute atomic E-state index is 0.0977. The third-order valence-electron chi connectivity index (χ3n) is 2.88. The molecule has 7 heteroatoms. The van der Waals surface area contributed by atoms with E-state index in [9.17, 15) is 8.42 Å². The van der Waals surface area contributed by atoms with Gasteiger partial charge in [0.2, 0.25) is 0 Å². The SMILES string of the molecule is CN1c2ccc(S(=O)(=O)O)cc2Sc2cccnc21. The van der Waals surface area contributed by atoms with Gasteiger partial charge in [-0.3, -0.25) is 4.55 Å². The highest BCUT2D eigenvalue weighted by Crippen LogP contribution is 2.46. The molecule has 0 bridgehead atoms. The maximum absolute atomic E-state index is 11.2. The molecule has 19 heavy (non-hydrogen) atoms. The standard InChI is InChI=1S/C12H10N2O3S2/c1-14-9-5-4-8(19(15,16)17)7-11(9)18-10-3-2-6-13-12(10)14/h2-7H,1H3,(H,15,16,17). The molecule has 3 rings (SSSR count). The monoisotopic (exact) mass is 294 g/mol. The molecule has 2 heterocycles. The van der Waals surface area contributed by atoms with Crippen LogP contribution in [0.15, 0.2) is 51.2 Å². The molecule has 2 aromatic rings. The number of rotatable bonds is 1. The molecule has 0 fully saturated rings. The zero-order chi connectivity index (χ0) is 13.6. The van der Waals surface area contributed by atoms with Crippen LogP contribution < -0.4 is 4.90 Å². The van der Waals surface area contributed by atoms with Gasteiger partial charge in [-0.25, -0.2) is 4.98 Å². The molecular formula is C12H10N2O3S2. The van der Waals surface area contributed by atoms with Gasteiger partial charge >= 0.3 is 0 Å². The average Bonchev–Trinajstić information content (AvgIpc) is 2.37. The second-order valence-corrected chi connectivity index (χ2v) is 6.60. The van der Waals surface area contributed by atoms with E-state index >= 15 is 0 Å². The van der Waals surface area contributed by atoms with Gasteiger partial charge in [0.25, 0.3) is 10.1 Å². The fourth-order valence-corrected chi connectivity index (χ4v) is 3.70. The van der Waals surface area contributed by atoms with E-state index in [0.29, 0.717) is 0 Å². The largest absolute Gasteiger partial charge is 0.328 e. The molecule has 0 atom stereocenters. The lowest BCUT2D eigenvalue weighted by atomic mass is 10.3. The first kappa shape index (κ1) is 12.5. The minimum Gasteiger partial charge on any atom is -0.328 e. The molecule has 0 radical (unpaired) electrons. The van der Waals surface area contributed by atoms with E-state index in [0.717, 1.165) is 21.3 Å². The van der Waals surface area contributed by atoms with E-state index in [2.05, 4.69) is 4.98 Å². The first-order valence-electron chi connectivity index (χ1n) is 5.45. The number of fused-ring (bicyclic) bond motifs is 2. The van der Waals surface area contributed by atoms with Gasteiger partial charge in [-0.05, 0) is 30.3 Å². The molecule has 1 N–H and O–H groups in total. The Morgan fingerprint density at radius 3 is 2.79 bits per heavy atom. The number of pyridine rings is 1. The van der Waals surface area contributed by atoms with Gasteiger partial charge in [0.1, 0.15) is 5.82 Å². The van der Waals surface area contributed by atoms with Crippen molar-refractivity contribution >= 4 is 33.4 Å². The quantitative estimate of drug-likeness (QED) is 0.815. The fraction of sp³-hybridized carbons (Fsp3) is 0.0833. The van der Waals surface area contributed by atoms with E-state index in [1.807, 2.05) is 24.1 Å². The summed E-state index contributed by atoms with van der Waals surface area (Å²) in [5.74, 6) is 0.833. The second kappa shape index (κ2) is 4.22. The molecule has 0 saturated heterocycles. The first-order valence-corrected chi connectivity index (χ1v) is 7.70. The van der Waals surface area contributed by atoms with Crippen LogP contribution in [0.2, 0.25) is 0 Å². The molecule has 98 valence electrons. The van der Waals surface area contributed by atoms with Crippen molar-refractivity contribution in [3.8, 4) is 0 Å². The molecular weight excluding hydrogens is 284 g/mol. The fourth-order valence-electron chi connectivity index (χ4n) is 1.96. The number of nitrogens with zero attached hydrogens (tertiary/aromatic N) is 2. The maximum atomic E-state index is 11.2. The zero-order valence-electron chi connectivity index (χ0n) is 9.94. The van der Waals surface area contributed by atoms with Crippen molar-refractivity contribution in [2.45, 2.75) is 14.7 Å². The van der Waals surface area contributed by atoms with Crippen molar-refractivity contribution in [2.24, 2.45) is 0 Å². The Hall–Kier alpha value is -1.57. The highest BCUT2D eigenvalue weighted by Gasteiger charge is 2.23. The summed E-state index contributed by atoms with van der Waals surface area (Å²) in [4.78, 5) is 7.83. The van der Waals surface area contributed by atoms with Crippen LogP contribution in [0.25, 0.3) is 0 Å². The van der Waals surface area contributed by atoms with Crippen LogP contribution in [0.1, 0.15) is 0 Å². The summed E-state index contributed by atoms with van der Waals surface area (Å²) >= 11 is 1.44. The number of hydrogen-bond donors (Lipinski definition) is 1. The van der Waals surface area contributed by atoms with Crippen LogP contribution in [-0.2, 0) is 10.1 Å². The van der Waals surface area contributed by atoms with Crippen LogP contribution in [0.4, 0.5) is 11.5 Å². The molecule has 0 aliphatic carbocycles. The molecule has 1 aromatic heterocycles. The minimum atomic E-state index is -4.18. The zero-order valence-corrected chi connectivity index (χ0v) is 11.6. The number of anilines is 2. The normalized spacial score (nSPS) is 13.9. The summed E-state index contributed by atoms with van der Waals surface area (Å²) in [6.07, 6.45) is 1.72. The molecule has 0 saturated carbocycles. The summed E-state index contributed by atoms with van der Waals surface area (Å²) in [5, 5.41) is 0. The van der Waals surface area contributed by atoms with E-state index in [4.69, 9.17) is 4.55 Å². The van der Waals surface area contributed by atoms with Crippen LogP contribution >= 0.6 is 11.8 Å². The molecule has 5 nitrogen and oxygen atoms in total. The van der Waals surface area contributed by atoms with E-state index in [1.54, 1.807) is 12.3 Å². The number of benzene rings is 1. The Balaban J connectivity index is 2.16. The lowest BCUT2D eigenvalue weighted by Crippen LogP contribution is -2.16. The second-order valence-electron chi connectivity index (χ2n) is 4.09. The van der Waals surface area contributed by atoms with Crippen LogP contribution in [0.3, 0.4) is 0 Å². The van der Waals surface area contributed by atoms with Gasteiger partial charge in [0.05, 0.1) is 15.5 Å². The van der Waals surface area contributed by atoms with Gasteiger partial charge in [0.15, 0.2) is 0 Å². The van der Waals surface area contributed by atoms with Crippen LogP contribution in [0, 0.1) is 0 Å². The van der Waals surface area contributed by atoms with Crippen molar-refractivity contribution in [3.63, 3.8) is 0 Å². The molecule has 0 amide bonds. The number of hydrogen-bond acceptors (Lipinski definition) is 5. The molecule has 1 aromatic carbocycles. The van der Waals surface area contributed by atoms with Gasteiger partial charge in [0, 0.05) is 18.1 Å². The average molecular weight is 294 g/mol. The Labute approximate surface area is 115 Å². The van der Waals surface area contributed by atoms with Crippen LogP contribution in [0.5, 0.6) is 0 Å². The van der Waals surface area contributed by atoms with Gasteiger partial charge in [-0.1, -0.05) is 11.8 Å². The van der Waals surface area contributed by atoms with E-state index in [-0.39, 0.29) is 4.90 Å². The highest BCUT2D eigenvalue weighted by molar-refractivity contribution is 7.99. The maximum Gasteiger partial charge on any atom is 0.294 e. The summed E-state index contributed by atoms with van der Waals surface area (Å²) in [7, 11) is -2.31. The van der Waals surface area contributed by atoms with Gasteiger partial charge < -0.3 is 4.90 Å². The summed E-state index contributed by atoms with van der Waals surface area (Å²) in [6.45, 7) is 0. The van der Waals surface area contributed by atoms with Crippen molar-refractivity contribution in [3.05, 3.63) is 36.5 Å².